The predicted molar refractivity (Wildman–Crippen MR) is 86.3 cm³/mol. The zero-order chi connectivity index (χ0) is 13.8. The maximum atomic E-state index is 5.99. The fraction of sp³-hybridized carbons (Fsp3) is 0.167. The van der Waals surface area contributed by atoms with Gasteiger partial charge < -0.3 is 10.6 Å². The summed E-state index contributed by atoms with van der Waals surface area (Å²) in [6.45, 7) is 2.80. The number of anilines is 3. The fourth-order valence-corrected chi connectivity index (χ4v) is 2.43. The molecule has 2 aromatic rings. The Labute approximate surface area is 133 Å². The van der Waals surface area contributed by atoms with Gasteiger partial charge in [0.2, 0.25) is 0 Å². The molecule has 1 heterocycles. The minimum atomic E-state index is 0.655. The van der Waals surface area contributed by atoms with Crippen LogP contribution in [0.5, 0.6) is 0 Å². The van der Waals surface area contributed by atoms with Gasteiger partial charge in [-0.2, -0.15) is 0 Å². The number of rotatable bonds is 4. The van der Waals surface area contributed by atoms with Crippen molar-refractivity contribution in [2.45, 2.75) is 6.92 Å². The number of hydrogen-bond donors (Lipinski definition) is 2. The Balaban J connectivity index is 2.33. The lowest BCUT2D eigenvalue weighted by Crippen LogP contribution is -2.04. The van der Waals surface area contributed by atoms with E-state index in [9.17, 15) is 0 Å². The summed E-state index contributed by atoms with van der Waals surface area (Å²) in [4.78, 5) is 8.38. The van der Waals surface area contributed by atoms with E-state index in [1.165, 1.54) is 6.33 Å². The second-order valence-electron chi connectivity index (χ2n) is 3.66. The summed E-state index contributed by atoms with van der Waals surface area (Å²) in [5, 5.41) is 7.02. The number of halogens is 3. The van der Waals surface area contributed by atoms with Crippen molar-refractivity contribution in [3.05, 3.63) is 38.5 Å². The van der Waals surface area contributed by atoms with Crippen LogP contribution in [0.1, 0.15) is 6.92 Å². The highest BCUT2D eigenvalue weighted by Gasteiger charge is 2.10. The largest absolute Gasteiger partial charge is 0.369 e. The number of benzene rings is 1. The van der Waals surface area contributed by atoms with Gasteiger partial charge in [-0.25, -0.2) is 9.97 Å². The molecule has 0 atom stereocenters. The van der Waals surface area contributed by atoms with Crippen molar-refractivity contribution in [3.63, 3.8) is 0 Å². The summed E-state index contributed by atoms with van der Waals surface area (Å²) in [5.41, 5.74) is 0.842. The molecule has 0 radical (unpaired) electrons. The molecule has 0 bridgehead atoms. The van der Waals surface area contributed by atoms with Crippen molar-refractivity contribution in [3.8, 4) is 0 Å². The summed E-state index contributed by atoms with van der Waals surface area (Å²) >= 11 is 12.9. The standard InChI is InChI=1S/C12H11Br2ClN4/c1-2-16-11-10(14)12(18-6-17-11)19-9-5-7(15)3-4-8(9)13/h3-6H,2H2,1H3,(H2,16,17,18,19). The molecule has 1 aromatic heterocycles. The molecule has 0 saturated carbocycles. The van der Waals surface area contributed by atoms with Crippen LogP contribution in [0.3, 0.4) is 0 Å². The van der Waals surface area contributed by atoms with Gasteiger partial charge in [0, 0.05) is 16.0 Å². The third-order valence-corrected chi connectivity index (χ3v) is 3.99. The number of nitrogens with one attached hydrogen (secondary N) is 2. The van der Waals surface area contributed by atoms with Crippen LogP contribution in [-0.4, -0.2) is 16.5 Å². The smallest absolute Gasteiger partial charge is 0.150 e. The Morgan fingerprint density at radius 3 is 2.68 bits per heavy atom. The first-order valence-corrected chi connectivity index (χ1v) is 7.54. The van der Waals surface area contributed by atoms with Crippen LogP contribution < -0.4 is 10.6 Å². The van der Waals surface area contributed by atoms with Gasteiger partial charge in [0.15, 0.2) is 0 Å². The molecule has 0 fully saturated rings. The lowest BCUT2D eigenvalue weighted by atomic mass is 10.3. The number of nitrogens with zero attached hydrogens (tertiary/aromatic N) is 2. The van der Waals surface area contributed by atoms with E-state index < -0.39 is 0 Å². The molecular weight excluding hydrogens is 395 g/mol. The summed E-state index contributed by atoms with van der Waals surface area (Å²) < 4.78 is 1.69. The maximum absolute atomic E-state index is 5.99. The maximum Gasteiger partial charge on any atom is 0.150 e. The summed E-state index contributed by atoms with van der Waals surface area (Å²) in [5.74, 6) is 1.42. The lowest BCUT2D eigenvalue weighted by molar-refractivity contribution is 1.10. The molecule has 0 aliphatic carbocycles. The SMILES string of the molecule is CCNc1ncnc(Nc2cc(Cl)ccc2Br)c1Br. The van der Waals surface area contributed by atoms with E-state index in [1.54, 1.807) is 0 Å². The average molecular weight is 407 g/mol. The fourth-order valence-electron chi connectivity index (χ4n) is 1.47. The molecule has 0 amide bonds. The van der Waals surface area contributed by atoms with Gasteiger partial charge in [0.1, 0.15) is 22.4 Å². The Morgan fingerprint density at radius 1 is 1.21 bits per heavy atom. The first-order chi connectivity index (χ1) is 9.11. The predicted octanol–water partition coefficient (Wildman–Crippen LogP) is 4.83. The van der Waals surface area contributed by atoms with Gasteiger partial charge in [-0.15, -0.1) is 0 Å². The first kappa shape index (κ1) is 14.6. The first-order valence-electron chi connectivity index (χ1n) is 5.58. The van der Waals surface area contributed by atoms with Crippen molar-refractivity contribution >= 4 is 60.8 Å². The quantitative estimate of drug-likeness (QED) is 0.764. The topological polar surface area (TPSA) is 49.8 Å². The van der Waals surface area contributed by atoms with Gasteiger partial charge in [-0.1, -0.05) is 11.6 Å². The van der Waals surface area contributed by atoms with Crippen LogP contribution in [0, 0.1) is 0 Å². The molecule has 4 nitrogen and oxygen atoms in total. The van der Waals surface area contributed by atoms with Crippen LogP contribution in [0.4, 0.5) is 17.3 Å². The van der Waals surface area contributed by atoms with Crippen LogP contribution in [-0.2, 0) is 0 Å². The molecule has 1 aromatic carbocycles. The molecule has 100 valence electrons. The summed E-state index contributed by atoms with van der Waals surface area (Å²) in [7, 11) is 0. The normalized spacial score (nSPS) is 10.3. The van der Waals surface area contributed by atoms with E-state index in [0.29, 0.717) is 10.8 Å². The molecule has 7 heteroatoms. The summed E-state index contributed by atoms with van der Waals surface area (Å²) in [6, 6.07) is 5.52. The Hall–Kier alpha value is -0.850. The van der Waals surface area contributed by atoms with E-state index in [2.05, 4.69) is 52.5 Å². The second-order valence-corrected chi connectivity index (χ2v) is 5.75. The molecule has 2 rings (SSSR count). The van der Waals surface area contributed by atoms with Gasteiger partial charge in [-0.05, 0) is 57.0 Å². The monoisotopic (exact) mass is 404 g/mol. The van der Waals surface area contributed by atoms with Crippen molar-refractivity contribution in [1.82, 2.24) is 9.97 Å². The van der Waals surface area contributed by atoms with E-state index >= 15 is 0 Å². The third-order valence-electron chi connectivity index (χ3n) is 2.32. The van der Waals surface area contributed by atoms with Crippen molar-refractivity contribution in [2.75, 3.05) is 17.2 Å². The van der Waals surface area contributed by atoms with Gasteiger partial charge in [-0.3, -0.25) is 0 Å². The molecule has 0 aliphatic rings. The van der Waals surface area contributed by atoms with Gasteiger partial charge in [0.25, 0.3) is 0 Å². The minimum absolute atomic E-state index is 0.655. The number of aromatic nitrogens is 2. The van der Waals surface area contributed by atoms with E-state index in [1.807, 2.05) is 25.1 Å². The van der Waals surface area contributed by atoms with Crippen LogP contribution in [0.25, 0.3) is 0 Å². The van der Waals surface area contributed by atoms with Gasteiger partial charge >= 0.3 is 0 Å². The van der Waals surface area contributed by atoms with Crippen molar-refractivity contribution < 1.29 is 0 Å². The minimum Gasteiger partial charge on any atom is -0.369 e. The van der Waals surface area contributed by atoms with Gasteiger partial charge in [0.05, 0.1) is 5.69 Å². The molecule has 2 N–H and O–H groups in total. The molecular formula is C12H11Br2ClN4. The van der Waals surface area contributed by atoms with E-state index in [4.69, 9.17) is 11.6 Å². The molecule has 0 aliphatic heterocycles. The van der Waals surface area contributed by atoms with Crippen LogP contribution >= 0.6 is 43.5 Å². The average Bonchev–Trinajstić information content (AvgIpc) is 2.39. The van der Waals surface area contributed by atoms with Crippen molar-refractivity contribution in [2.24, 2.45) is 0 Å². The van der Waals surface area contributed by atoms with Crippen LogP contribution in [0.15, 0.2) is 33.5 Å². The number of hydrogen-bond acceptors (Lipinski definition) is 4. The third kappa shape index (κ3) is 3.58. The Kier molecular flexibility index (Phi) is 5.01. The lowest BCUT2D eigenvalue weighted by Gasteiger charge is -2.12. The highest BCUT2D eigenvalue weighted by atomic mass is 79.9. The van der Waals surface area contributed by atoms with E-state index in [0.717, 1.165) is 27.0 Å². The second kappa shape index (κ2) is 6.54. The highest BCUT2D eigenvalue weighted by Crippen LogP contribution is 2.33. The zero-order valence-electron chi connectivity index (χ0n) is 10.0. The summed E-state index contributed by atoms with van der Waals surface area (Å²) in [6.07, 6.45) is 1.50. The molecule has 0 saturated heterocycles. The van der Waals surface area contributed by atoms with E-state index in [-0.39, 0.29) is 0 Å². The van der Waals surface area contributed by atoms with Crippen molar-refractivity contribution in [1.29, 1.82) is 0 Å². The van der Waals surface area contributed by atoms with Crippen LogP contribution in [0.2, 0.25) is 5.02 Å². The zero-order valence-corrected chi connectivity index (χ0v) is 14.0. The highest BCUT2D eigenvalue weighted by molar-refractivity contribution is 9.11. The molecule has 0 spiro atoms. The Morgan fingerprint density at radius 2 is 1.95 bits per heavy atom. The molecule has 19 heavy (non-hydrogen) atoms. The Bertz CT molecular complexity index is 592. The molecule has 0 unspecified atom stereocenters.